The minimum absolute atomic E-state index is 0. The smallest absolute Gasteiger partial charge is 0.223 e. The van der Waals surface area contributed by atoms with Crippen LogP contribution in [0.4, 0.5) is 0 Å². The number of carbonyl (C=O) groups excluding carboxylic acids is 2. The van der Waals surface area contributed by atoms with Gasteiger partial charge in [-0.05, 0) is 39.8 Å². The van der Waals surface area contributed by atoms with Gasteiger partial charge in [-0.2, -0.15) is 0 Å². The first-order chi connectivity index (χ1) is 10.0. The molecule has 1 aliphatic heterocycles. The van der Waals surface area contributed by atoms with Gasteiger partial charge in [0.2, 0.25) is 5.91 Å². The van der Waals surface area contributed by atoms with Gasteiger partial charge in [0.25, 0.3) is 0 Å². The first-order valence-corrected chi connectivity index (χ1v) is 8.39. The van der Waals surface area contributed by atoms with E-state index in [9.17, 15) is 9.59 Å². The zero-order valence-corrected chi connectivity index (χ0v) is 15.1. The van der Waals surface area contributed by atoms with E-state index >= 15 is 0 Å². The fourth-order valence-corrected chi connectivity index (χ4v) is 3.96. The molecule has 1 aliphatic rings. The van der Waals surface area contributed by atoms with Gasteiger partial charge < -0.3 is 10.2 Å². The number of ketones is 1. The molecule has 1 aromatic rings. The lowest BCUT2D eigenvalue weighted by Crippen LogP contribution is -2.40. The predicted octanol–water partition coefficient (Wildman–Crippen LogP) is 2.96. The number of aryl methyl sites for hydroxylation is 2. The van der Waals surface area contributed by atoms with Gasteiger partial charge >= 0.3 is 0 Å². The molecule has 0 bridgehead atoms. The van der Waals surface area contributed by atoms with Gasteiger partial charge in [-0.25, -0.2) is 0 Å². The number of hydrogen-bond acceptors (Lipinski definition) is 4. The van der Waals surface area contributed by atoms with Crippen LogP contribution in [-0.2, 0) is 4.79 Å². The Morgan fingerprint density at radius 1 is 1.36 bits per heavy atom. The van der Waals surface area contributed by atoms with Crippen LogP contribution in [0.15, 0.2) is 6.07 Å². The number of amides is 1. The van der Waals surface area contributed by atoms with E-state index < -0.39 is 0 Å². The zero-order chi connectivity index (χ0) is 15.4. The highest BCUT2D eigenvalue weighted by molar-refractivity contribution is 7.12. The summed E-state index contributed by atoms with van der Waals surface area (Å²) in [4.78, 5) is 28.7. The van der Waals surface area contributed by atoms with Crippen molar-refractivity contribution in [1.82, 2.24) is 10.2 Å². The maximum atomic E-state index is 12.3. The number of rotatable bonds is 6. The highest BCUT2D eigenvalue weighted by Gasteiger charge is 2.28. The van der Waals surface area contributed by atoms with Crippen molar-refractivity contribution in [2.45, 2.75) is 45.6 Å². The number of carbonyl (C=O) groups is 2. The van der Waals surface area contributed by atoms with E-state index in [0.29, 0.717) is 18.9 Å². The van der Waals surface area contributed by atoms with E-state index in [4.69, 9.17) is 0 Å². The van der Waals surface area contributed by atoms with Gasteiger partial charge in [0.05, 0.1) is 0 Å². The number of likely N-dealkylation sites (N-methyl/N-ethyl adjacent to an activating group) is 1. The molecule has 124 valence electrons. The molecule has 2 rings (SSSR count). The molecular formula is C16H25ClN2O2S. The third kappa shape index (κ3) is 4.54. The topological polar surface area (TPSA) is 49.4 Å². The average Bonchev–Trinajstić information content (AvgIpc) is 3.02. The maximum Gasteiger partial charge on any atom is 0.223 e. The largest absolute Gasteiger partial charge is 0.338 e. The monoisotopic (exact) mass is 344 g/mol. The number of nitrogens with zero attached hydrogens (tertiary/aromatic N) is 1. The molecule has 1 fully saturated rings. The van der Waals surface area contributed by atoms with Crippen molar-refractivity contribution in [2.24, 2.45) is 0 Å². The summed E-state index contributed by atoms with van der Waals surface area (Å²) in [7, 11) is 1.91. The Morgan fingerprint density at radius 2 is 2.09 bits per heavy atom. The second-order valence-electron chi connectivity index (χ2n) is 5.69. The van der Waals surface area contributed by atoms with Gasteiger partial charge in [0, 0.05) is 47.3 Å². The van der Waals surface area contributed by atoms with Gasteiger partial charge in [-0.1, -0.05) is 0 Å². The molecule has 0 aliphatic carbocycles. The molecule has 1 unspecified atom stereocenters. The minimum Gasteiger partial charge on any atom is -0.338 e. The maximum absolute atomic E-state index is 12.3. The minimum atomic E-state index is 0. The lowest BCUT2D eigenvalue weighted by Gasteiger charge is -2.24. The van der Waals surface area contributed by atoms with Crippen LogP contribution >= 0.6 is 23.7 Å². The molecule has 1 saturated heterocycles. The van der Waals surface area contributed by atoms with Gasteiger partial charge in [-0.3, -0.25) is 9.59 Å². The van der Waals surface area contributed by atoms with E-state index in [1.807, 2.05) is 31.9 Å². The average molecular weight is 345 g/mol. The van der Waals surface area contributed by atoms with Crippen LogP contribution < -0.4 is 5.32 Å². The van der Waals surface area contributed by atoms with Crippen LogP contribution in [0.5, 0.6) is 0 Å². The summed E-state index contributed by atoms with van der Waals surface area (Å²) in [5, 5.41) is 3.14. The molecule has 0 spiro atoms. The Kier molecular flexibility index (Phi) is 7.53. The molecule has 6 heteroatoms. The summed E-state index contributed by atoms with van der Waals surface area (Å²) < 4.78 is 0. The van der Waals surface area contributed by atoms with Crippen LogP contribution in [0.3, 0.4) is 0 Å². The number of thiophene rings is 1. The SMILES string of the molecule is CNCC1CCCN1C(=O)CCC(=O)c1cc(C)sc1C.Cl. The zero-order valence-electron chi connectivity index (χ0n) is 13.5. The Morgan fingerprint density at radius 3 is 2.68 bits per heavy atom. The molecule has 0 saturated carbocycles. The van der Waals surface area contributed by atoms with Crippen molar-refractivity contribution in [2.75, 3.05) is 20.1 Å². The predicted molar refractivity (Wildman–Crippen MR) is 93.3 cm³/mol. The second kappa shape index (κ2) is 8.65. The second-order valence-corrected chi connectivity index (χ2v) is 7.15. The van der Waals surface area contributed by atoms with Gasteiger partial charge in [-0.15, -0.1) is 23.7 Å². The Balaban J connectivity index is 0.00000242. The fourth-order valence-electron chi connectivity index (χ4n) is 3.02. The molecule has 1 aromatic heterocycles. The normalized spacial score (nSPS) is 17.4. The third-order valence-electron chi connectivity index (χ3n) is 4.04. The first-order valence-electron chi connectivity index (χ1n) is 7.57. The van der Waals surface area contributed by atoms with Crippen LogP contribution in [-0.4, -0.2) is 42.8 Å². The van der Waals surface area contributed by atoms with Crippen molar-refractivity contribution in [3.63, 3.8) is 0 Å². The van der Waals surface area contributed by atoms with Crippen molar-refractivity contribution in [3.05, 3.63) is 21.4 Å². The number of likely N-dealkylation sites (tertiary alicyclic amines) is 1. The molecule has 1 atom stereocenters. The molecule has 4 nitrogen and oxygen atoms in total. The summed E-state index contributed by atoms with van der Waals surface area (Å²) in [5.41, 5.74) is 0.790. The molecule has 22 heavy (non-hydrogen) atoms. The third-order valence-corrected chi connectivity index (χ3v) is 5.01. The summed E-state index contributed by atoms with van der Waals surface area (Å²) >= 11 is 1.64. The molecule has 2 heterocycles. The lowest BCUT2D eigenvalue weighted by atomic mass is 10.1. The van der Waals surface area contributed by atoms with Crippen molar-refractivity contribution >= 4 is 35.4 Å². The van der Waals surface area contributed by atoms with E-state index in [2.05, 4.69) is 5.32 Å². The fraction of sp³-hybridized carbons (Fsp3) is 0.625. The molecule has 1 N–H and O–H groups in total. The quantitative estimate of drug-likeness (QED) is 0.807. The van der Waals surface area contributed by atoms with E-state index in [0.717, 1.165) is 41.2 Å². The van der Waals surface area contributed by atoms with E-state index in [-0.39, 0.29) is 24.1 Å². The Hall–Kier alpha value is -0.910. The van der Waals surface area contributed by atoms with Crippen molar-refractivity contribution in [3.8, 4) is 0 Å². The molecule has 0 radical (unpaired) electrons. The Bertz CT molecular complexity index is 530. The highest BCUT2D eigenvalue weighted by Crippen LogP contribution is 2.23. The van der Waals surface area contributed by atoms with E-state index in [1.165, 1.54) is 0 Å². The standard InChI is InChI=1S/C16H24N2O2S.ClH/c1-11-9-14(12(2)21-11)15(19)6-7-16(20)18-8-4-5-13(18)10-17-3;/h9,13,17H,4-8,10H2,1-3H3;1H. The highest BCUT2D eigenvalue weighted by atomic mass is 35.5. The van der Waals surface area contributed by atoms with Crippen LogP contribution in [0.2, 0.25) is 0 Å². The molecular weight excluding hydrogens is 320 g/mol. The number of hydrogen-bond donors (Lipinski definition) is 1. The number of halogens is 1. The van der Waals surface area contributed by atoms with E-state index in [1.54, 1.807) is 11.3 Å². The Labute approximate surface area is 142 Å². The van der Waals surface area contributed by atoms with Crippen LogP contribution in [0.25, 0.3) is 0 Å². The summed E-state index contributed by atoms with van der Waals surface area (Å²) in [5.74, 6) is 0.209. The van der Waals surface area contributed by atoms with Crippen LogP contribution in [0.1, 0.15) is 45.8 Å². The summed E-state index contributed by atoms with van der Waals surface area (Å²) in [6.45, 7) is 5.64. The number of nitrogens with one attached hydrogen (secondary N) is 1. The summed E-state index contributed by atoms with van der Waals surface area (Å²) in [6, 6.07) is 2.23. The van der Waals surface area contributed by atoms with Crippen LogP contribution in [0, 0.1) is 13.8 Å². The molecule has 1 amide bonds. The first kappa shape index (κ1) is 19.1. The summed E-state index contributed by atoms with van der Waals surface area (Å²) in [6.07, 6.45) is 2.77. The lowest BCUT2D eigenvalue weighted by molar-refractivity contribution is -0.131. The van der Waals surface area contributed by atoms with Crippen molar-refractivity contribution in [1.29, 1.82) is 0 Å². The molecule has 0 aromatic carbocycles. The number of Topliss-reactive ketones (excluding diaryl/α,β-unsaturated/α-hetero) is 1. The van der Waals surface area contributed by atoms with Gasteiger partial charge in [0.15, 0.2) is 5.78 Å². The van der Waals surface area contributed by atoms with Gasteiger partial charge in [0.1, 0.15) is 0 Å². The van der Waals surface area contributed by atoms with Crippen molar-refractivity contribution < 1.29 is 9.59 Å².